The number of rotatable bonds is 5. The van der Waals surface area contributed by atoms with E-state index in [1.165, 1.54) is 30.5 Å². The van der Waals surface area contributed by atoms with E-state index in [-0.39, 0.29) is 5.89 Å². The van der Waals surface area contributed by atoms with Crippen molar-refractivity contribution in [1.82, 2.24) is 14.7 Å². The molecule has 33 heavy (non-hydrogen) atoms. The number of anilines is 1. The molecule has 0 fully saturated rings. The maximum Gasteiger partial charge on any atom is 0.418 e. The Labute approximate surface area is 189 Å². The van der Waals surface area contributed by atoms with Crippen molar-refractivity contribution in [3.63, 3.8) is 0 Å². The number of halogens is 4. The Balaban J connectivity index is 1.55. The summed E-state index contributed by atoms with van der Waals surface area (Å²) < 4.78 is 45.7. The Morgan fingerprint density at radius 1 is 1.03 bits per heavy atom. The van der Waals surface area contributed by atoms with Crippen LogP contribution < -0.4 is 10.9 Å². The van der Waals surface area contributed by atoms with Crippen molar-refractivity contribution < 1.29 is 22.5 Å². The predicted molar refractivity (Wildman–Crippen MR) is 115 cm³/mol. The topological polar surface area (TPSA) is 90.0 Å². The van der Waals surface area contributed by atoms with Gasteiger partial charge in [0.15, 0.2) is 0 Å². The normalized spacial score (nSPS) is 11.4. The van der Waals surface area contributed by atoms with Gasteiger partial charge in [-0.15, -0.1) is 0 Å². The number of nitrogens with zero attached hydrogens (tertiary/aromatic N) is 3. The molecule has 4 rings (SSSR count). The van der Waals surface area contributed by atoms with Crippen molar-refractivity contribution in [2.45, 2.75) is 12.7 Å². The fraction of sp³-hybridized carbons (Fsp3) is 0.0909. The number of hydrogen-bond acceptors (Lipinski definition) is 5. The Bertz CT molecular complexity index is 1360. The minimum Gasteiger partial charge on any atom is -0.334 e. The number of hydrogen-bond donors (Lipinski definition) is 1. The maximum atomic E-state index is 13.1. The molecule has 0 atom stereocenters. The molecule has 0 spiro atoms. The zero-order valence-electron chi connectivity index (χ0n) is 16.6. The second-order valence-corrected chi connectivity index (χ2v) is 7.34. The van der Waals surface area contributed by atoms with Gasteiger partial charge in [0.2, 0.25) is 11.7 Å². The molecule has 11 heteroatoms. The number of alkyl halides is 3. The Kier molecular flexibility index (Phi) is 6.01. The van der Waals surface area contributed by atoms with Gasteiger partial charge in [-0.05, 0) is 42.5 Å². The second kappa shape index (κ2) is 8.91. The molecule has 168 valence electrons. The first kappa shape index (κ1) is 22.3. The highest BCUT2D eigenvalue weighted by atomic mass is 35.5. The lowest BCUT2D eigenvalue weighted by Gasteiger charge is -2.14. The molecule has 2 aromatic heterocycles. The summed E-state index contributed by atoms with van der Waals surface area (Å²) in [6, 6.07) is 14.0. The van der Waals surface area contributed by atoms with E-state index >= 15 is 0 Å². The SMILES string of the molecule is O=C(Cn1cc(-c2nc(-c3ccc(Cl)cc3)no2)ccc1=O)Nc1ccccc1C(F)(F)F. The lowest BCUT2D eigenvalue weighted by molar-refractivity contribution is -0.137. The quantitative estimate of drug-likeness (QED) is 0.445. The van der Waals surface area contributed by atoms with Crippen molar-refractivity contribution in [2.24, 2.45) is 0 Å². The van der Waals surface area contributed by atoms with E-state index in [9.17, 15) is 22.8 Å². The molecule has 1 N–H and O–H groups in total. The summed E-state index contributed by atoms with van der Waals surface area (Å²) in [6.45, 7) is -0.517. The van der Waals surface area contributed by atoms with Crippen molar-refractivity contribution in [3.8, 4) is 22.8 Å². The van der Waals surface area contributed by atoms with Crippen LogP contribution in [-0.2, 0) is 17.5 Å². The number of para-hydroxylation sites is 1. The molecule has 0 aliphatic rings. The van der Waals surface area contributed by atoms with Gasteiger partial charge in [-0.1, -0.05) is 28.9 Å². The van der Waals surface area contributed by atoms with Gasteiger partial charge in [-0.3, -0.25) is 9.59 Å². The standard InChI is InChI=1S/C22H14ClF3N4O3/c23-15-8-5-13(6-9-15)20-28-21(33-29-20)14-7-10-19(32)30(11-14)12-18(31)27-17-4-2-1-3-16(17)22(24,25)26/h1-11H,12H2,(H,27,31). The lowest BCUT2D eigenvalue weighted by Crippen LogP contribution is -2.27. The van der Waals surface area contributed by atoms with Crippen LogP contribution in [0.4, 0.5) is 18.9 Å². The van der Waals surface area contributed by atoms with Gasteiger partial charge >= 0.3 is 6.18 Å². The summed E-state index contributed by atoms with van der Waals surface area (Å²) in [4.78, 5) is 28.9. The second-order valence-electron chi connectivity index (χ2n) is 6.91. The van der Waals surface area contributed by atoms with E-state index in [4.69, 9.17) is 16.1 Å². The highest BCUT2D eigenvalue weighted by molar-refractivity contribution is 6.30. The minimum atomic E-state index is -4.64. The zero-order chi connectivity index (χ0) is 23.6. The summed E-state index contributed by atoms with van der Waals surface area (Å²) in [6.07, 6.45) is -3.32. The Hall–Kier alpha value is -3.92. The first-order chi connectivity index (χ1) is 15.7. The van der Waals surface area contributed by atoms with Gasteiger partial charge < -0.3 is 14.4 Å². The van der Waals surface area contributed by atoms with E-state index in [2.05, 4.69) is 15.5 Å². The van der Waals surface area contributed by atoms with Crippen molar-refractivity contribution in [1.29, 1.82) is 0 Å². The van der Waals surface area contributed by atoms with Gasteiger partial charge in [0.05, 0.1) is 16.8 Å². The molecule has 0 aliphatic heterocycles. The molecule has 2 aromatic carbocycles. The van der Waals surface area contributed by atoms with Crippen LogP contribution in [0.25, 0.3) is 22.8 Å². The summed E-state index contributed by atoms with van der Waals surface area (Å²) >= 11 is 5.87. The maximum absolute atomic E-state index is 13.1. The van der Waals surface area contributed by atoms with Gasteiger partial charge in [-0.25, -0.2) is 0 Å². The fourth-order valence-corrected chi connectivity index (χ4v) is 3.15. The molecule has 1 amide bonds. The van der Waals surface area contributed by atoms with Crippen LogP contribution >= 0.6 is 11.6 Å². The Morgan fingerprint density at radius 2 is 1.73 bits per heavy atom. The number of carbonyl (C=O) groups is 1. The van der Waals surface area contributed by atoms with E-state index in [0.717, 1.165) is 16.7 Å². The predicted octanol–water partition coefficient (Wildman–Crippen LogP) is 4.88. The summed E-state index contributed by atoms with van der Waals surface area (Å²) in [5.74, 6) is -0.421. The monoisotopic (exact) mass is 474 g/mol. The van der Waals surface area contributed by atoms with Crippen LogP contribution in [0.3, 0.4) is 0 Å². The van der Waals surface area contributed by atoms with E-state index in [1.807, 2.05) is 0 Å². The highest BCUT2D eigenvalue weighted by Gasteiger charge is 2.33. The van der Waals surface area contributed by atoms with Crippen molar-refractivity contribution >= 4 is 23.2 Å². The van der Waals surface area contributed by atoms with Crippen LogP contribution in [0.1, 0.15) is 5.56 Å². The van der Waals surface area contributed by atoms with E-state index in [0.29, 0.717) is 22.0 Å². The smallest absolute Gasteiger partial charge is 0.334 e. The molecule has 0 saturated carbocycles. The largest absolute Gasteiger partial charge is 0.418 e. The zero-order valence-corrected chi connectivity index (χ0v) is 17.4. The number of aromatic nitrogens is 3. The molecule has 2 heterocycles. The number of benzene rings is 2. The summed E-state index contributed by atoms with van der Waals surface area (Å²) in [7, 11) is 0. The van der Waals surface area contributed by atoms with Crippen LogP contribution in [0.2, 0.25) is 5.02 Å². The third-order valence-electron chi connectivity index (χ3n) is 4.58. The first-order valence-corrected chi connectivity index (χ1v) is 9.85. The summed E-state index contributed by atoms with van der Waals surface area (Å²) in [5, 5.41) is 6.64. The van der Waals surface area contributed by atoms with Crippen LogP contribution in [0.15, 0.2) is 76.2 Å². The Morgan fingerprint density at radius 3 is 2.45 bits per heavy atom. The van der Waals surface area contributed by atoms with E-state index in [1.54, 1.807) is 24.3 Å². The van der Waals surface area contributed by atoms with Gasteiger partial charge in [-0.2, -0.15) is 18.2 Å². The van der Waals surface area contributed by atoms with Crippen LogP contribution in [0, 0.1) is 0 Å². The van der Waals surface area contributed by atoms with Gasteiger partial charge in [0, 0.05) is 22.8 Å². The van der Waals surface area contributed by atoms with E-state index < -0.39 is 35.4 Å². The molecule has 4 aromatic rings. The first-order valence-electron chi connectivity index (χ1n) is 9.47. The van der Waals surface area contributed by atoms with Crippen LogP contribution in [-0.4, -0.2) is 20.6 Å². The number of pyridine rings is 1. The highest BCUT2D eigenvalue weighted by Crippen LogP contribution is 2.34. The molecule has 0 aliphatic carbocycles. The molecule has 7 nitrogen and oxygen atoms in total. The van der Waals surface area contributed by atoms with Crippen LogP contribution in [0.5, 0.6) is 0 Å². The molecule has 0 radical (unpaired) electrons. The van der Waals surface area contributed by atoms with Crippen molar-refractivity contribution in [3.05, 3.63) is 87.8 Å². The third-order valence-corrected chi connectivity index (χ3v) is 4.83. The molecular formula is C22H14ClF3N4O3. The number of nitrogens with one attached hydrogen (secondary N) is 1. The minimum absolute atomic E-state index is 0.0940. The third kappa shape index (κ3) is 5.12. The average Bonchev–Trinajstić information content (AvgIpc) is 3.25. The number of carbonyl (C=O) groups excluding carboxylic acids is 1. The van der Waals surface area contributed by atoms with Gasteiger partial charge in [0.1, 0.15) is 6.54 Å². The summed E-state index contributed by atoms with van der Waals surface area (Å²) in [5.41, 5.74) is -0.907. The fourth-order valence-electron chi connectivity index (χ4n) is 3.02. The molecule has 0 saturated heterocycles. The van der Waals surface area contributed by atoms with Gasteiger partial charge in [0.25, 0.3) is 11.4 Å². The lowest BCUT2D eigenvalue weighted by atomic mass is 10.1. The van der Waals surface area contributed by atoms with Crippen molar-refractivity contribution in [2.75, 3.05) is 5.32 Å². The molecular weight excluding hydrogens is 461 g/mol. The average molecular weight is 475 g/mol. The number of amides is 1. The molecule has 0 bridgehead atoms. The molecule has 0 unspecified atom stereocenters.